The van der Waals surface area contributed by atoms with Crippen LogP contribution in [-0.2, 0) is 0 Å². The average Bonchev–Trinajstić information content (AvgIpc) is 2.64. The molecule has 0 aliphatic rings. The second-order valence-corrected chi connectivity index (χ2v) is 8.33. The second kappa shape index (κ2) is 16.1. The van der Waals surface area contributed by atoms with Crippen molar-refractivity contribution >= 4 is 5.69 Å². The van der Waals surface area contributed by atoms with E-state index in [1.54, 1.807) is 0 Å². The molecule has 27 heavy (non-hydrogen) atoms. The van der Waals surface area contributed by atoms with E-state index >= 15 is 0 Å². The first-order valence-electron chi connectivity index (χ1n) is 11.6. The van der Waals surface area contributed by atoms with Gasteiger partial charge < -0.3 is 5.48 Å². The largest absolute Gasteiger partial charge is 0.870 e. The average molecular weight is 378 g/mol. The number of rotatable bonds is 16. The van der Waals surface area contributed by atoms with Crippen LogP contribution >= 0.6 is 0 Å². The van der Waals surface area contributed by atoms with Gasteiger partial charge in [-0.3, -0.25) is 4.48 Å². The van der Waals surface area contributed by atoms with Crippen molar-refractivity contribution in [2.75, 3.05) is 19.6 Å². The van der Waals surface area contributed by atoms with Gasteiger partial charge in [0, 0.05) is 0 Å². The minimum Gasteiger partial charge on any atom is -0.870 e. The Labute approximate surface area is 170 Å². The lowest BCUT2D eigenvalue weighted by Crippen LogP contribution is -2.51. The van der Waals surface area contributed by atoms with E-state index in [0.717, 1.165) is 0 Å². The van der Waals surface area contributed by atoms with Gasteiger partial charge in [0.1, 0.15) is 5.69 Å². The highest BCUT2D eigenvalue weighted by atomic mass is 16.0. The van der Waals surface area contributed by atoms with Crippen LogP contribution in [0.1, 0.15) is 103 Å². The van der Waals surface area contributed by atoms with Gasteiger partial charge in [0.2, 0.25) is 0 Å². The van der Waals surface area contributed by atoms with E-state index < -0.39 is 0 Å². The van der Waals surface area contributed by atoms with Crippen molar-refractivity contribution in [3.05, 3.63) is 29.8 Å². The SMILES string of the molecule is CCCCCCCCCCCC[N+](CCC)(CCC)c1ccc(C)cc1.[OH-]. The highest BCUT2D eigenvalue weighted by molar-refractivity contribution is 5.44. The van der Waals surface area contributed by atoms with Crippen LogP contribution in [0.15, 0.2) is 24.3 Å². The lowest BCUT2D eigenvalue weighted by atomic mass is 10.1. The Kier molecular flexibility index (Phi) is 15.6. The first kappa shape index (κ1) is 26.1. The molecule has 0 heterocycles. The van der Waals surface area contributed by atoms with Crippen molar-refractivity contribution in [2.24, 2.45) is 0 Å². The highest BCUT2D eigenvalue weighted by Crippen LogP contribution is 2.26. The third kappa shape index (κ3) is 10.3. The fourth-order valence-corrected chi connectivity index (χ4v) is 4.34. The minimum absolute atomic E-state index is 0. The molecule has 0 spiro atoms. The van der Waals surface area contributed by atoms with E-state index in [9.17, 15) is 0 Å². The first-order valence-corrected chi connectivity index (χ1v) is 11.6. The number of unbranched alkanes of at least 4 members (excludes halogenated alkanes) is 9. The second-order valence-electron chi connectivity index (χ2n) is 8.33. The van der Waals surface area contributed by atoms with Gasteiger partial charge >= 0.3 is 0 Å². The molecule has 0 unspecified atom stereocenters. The Morgan fingerprint density at radius 1 is 0.556 bits per heavy atom. The summed E-state index contributed by atoms with van der Waals surface area (Å²) in [4.78, 5) is 0. The standard InChI is InChI=1S/C25H46N.H2O/c1-5-8-9-10-11-12-13-14-15-16-23-26(21-6-2,22-7-3)25-19-17-24(4)18-20-25;/h17-20H,5-16,21-23H2,1-4H3;1H2/q+1;/p-1. The zero-order chi connectivity index (χ0) is 19.1. The van der Waals surface area contributed by atoms with Crippen LogP contribution in [0.2, 0.25) is 0 Å². The van der Waals surface area contributed by atoms with Crippen molar-refractivity contribution in [1.82, 2.24) is 4.48 Å². The lowest BCUT2D eigenvalue weighted by molar-refractivity contribution is 0.265. The lowest BCUT2D eigenvalue weighted by Gasteiger charge is -2.38. The number of aryl methyl sites for hydroxylation is 1. The van der Waals surface area contributed by atoms with E-state index in [2.05, 4.69) is 52.0 Å². The number of hydrogen-bond donors (Lipinski definition) is 0. The molecule has 0 bridgehead atoms. The maximum Gasteiger partial charge on any atom is 0.132 e. The van der Waals surface area contributed by atoms with Crippen molar-refractivity contribution in [1.29, 1.82) is 0 Å². The Morgan fingerprint density at radius 2 is 1.00 bits per heavy atom. The molecule has 1 aromatic carbocycles. The van der Waals surface area contributed by atoms with E-state index in [1.165, 1.54) is 112 Å². The molecule has 0 aromatic heterocycles. The van der Waals surface area contributed by atoms with Crippen molar-refractivity contribution in [3.8, 4) is 0 Å². The molecule has 2 heteroatoms. The summed E-state index contributed by atoms with van der Waals surface area (Å²) in [6.45, 7) is 13.1. The van der Waals surface area contributed by atoms with Gasteiger partial charge in [-0.15, -0.1) is 0 Å². The maximum atomic E-state index is 2.39. The third-order valence-corrected chi connectivity index (χ3v) is 5.82. The quantitative estimate of drug-likeness (QED) is 0.213. The normalized spacial score (nSPS) is 11.4. The molecular weight excluding hydrogens is 330 g/mol. The molecule has 0 radical (unpaired) electrons. The zero-order valence-corrected chi connectivity index (χ0v) is 18.8. The summed E-state index contributed by atoms with van der Waals surface area (Å²) in [5.74, 6) is 0. The summed E-state index contributed by atoms with van der Waals surface area (Å²) in [6.07, 6.45) is 16.8. The van der Waals surface area contributed by atoms with Gasteiger partial charge in [-0.1, -0.05) is 89.8 Å². The molecular formula is C25H47NO. The predicted octanol–water partition coefficient (Wildman–Crippen LogP) is 7.87. The van der Waals surface area contributed by atoms with Crippen LogP contribution < -0.4 is 4.48 Å². The minimum atomic E-state index is 0. The molecule has 1 aromatic rings. The van der Waals surface area contributed by atoms with Gasteiger partial charge in [0.25, 0.3) is 0 Å². The molecule has 2 nitrogen and oxygen atoms in total. The number of quaternary nitrogens is 1. The predicted molar refractivity (Wildman–Crippen MR) is 122 cm³/mol. The Hall–Kier alpha value is -0.860. The third-order valence-electron chi connectivity index (χ3n) is 5.82. The Morgan fingerprint density at radius 3 is 1.44 bits per heavy atom. The van der Waals surface area contributed by atoms with Crippen LogP contribution in [0.25, 0.3) is 0 Å². The van der Waals surface area contributed by atoms with Crippen molar-refractivity contribution in [3.63, 3.8) is 0 Å². The fraction of sp³-hybridized carbons (Fsp3) is 0.760. The van der Waals surface area contributed by atoms with E-state index in [4.69, 9.17) is 0 Å². The Bertz CT molecular complexity index is 434. The highest BCUT2D eigenvalue weighted by Gasteiger charge is 2.27. The zero-order valence-electron chi connectivity index (χ0n) is 18.8. The van der Waals surface area contributed by atoms with Crippen molar-refractivity contribution in [2.45, 2.75) is 105 Å². The topological polar surface area (TPSA) is 30.0 Å². The number of benzene rings is 1. The van der Waals surface area contributed by atoms with Crippen molar-refractivity contribution < 1.29 is 5.48 Å². The first-order chi connectivity index (χ1) is 12.7. The van der Waals surface area contributed by atoms with E-state index in [1.807, 2.05) is 0 Å². The molecule has 0 amide bonds. The summed E-state index contributed by atoms with van der Waals surface area (Å²) in [5, 5.41) is 0. The van der Waals surface area contributed by atoms with Crippen LogP contribution in [0.4, 0.5) is 5.69 Å². The van der Waals surface area contributed by atoms with Crippen LogP contribution in [0.5, 0.6) is 0 Å². The summed E-state index contributed by atoms with van der Waals surface area (Å²) >= 11 is 0. The van der Waals surface area contributed by atoms with Gasteiger partial charge in [-0.2, -0.15) is 0 Å². The summed E-state index contributed by atoms with van der Waals surface area (Å²) < 4.78 is 1.20. The number of hydrogen-bond acceptors (Lipinski definition) is 1. The molecule has 0 fully saturated rings. The smallest absolute Gasteiger partial charge is 0.132 e. The monoisotopic (exact) mass is 377 g/mol. The Balaban J connectivity index is 0.00000676. The van der Waals surface area contributed by atoms with Gasteiger partial charge in [0.15, 0.2) is 0 Å². The van der Waals surface area contributed by atoms with E-state index in [0.29, 0.717) is 0 Å². The van der Waals surface area contributed by atoms with Gasteiger partial charge in [-0.25, -0.2) is 0 Å². The van der Waals surface area contributed by atoms with Gasteiger partial charge in [0.05, 0.1) is 19.6 Å². The molecule has 0 saturated heterocycles. The molecule has 0 aliphatic carbocycles. The molecule has 1 N–H and O–H groups in total. The van der Waals surface area contributed by atoms with Crippen LogP contribution in [0.3, 0.4) is 0 Å². The maximum absolute atomic E-state index is 2.39. The molecule has 0 atom stereocenters. The van der Waals surface area contributed by atoms with Crippen LogP contribution in [0, 0.1) is 6.92 Å². The fourth-order valence-electron chi connectivity index (χ4n) is 4.34. The summed E-state index contributed by atoms with van der Waals surface area (Å²) in [5.41, 5.74) is 2.91. The number of nitrogens with zero attached hydrogens (tertiary/aromatic N) is 1. The molecule has 0 saturated carbocycles. The summed E-state index contributed by atoms with van der Waals surface area (Å²) in [6, 6.07) is 9.37. The molecule has 1 rings (SSSR count). The molecule has 158 valence electrons. The molecule has 0 aliphatic heterocycles. The van der Waals surface area contributed by atoms with E-state index in [-0.39, 0.29) is 5.48 Å². The summed E-state index contributed by atoms with van der Waals surface area (Å²) in [7, 11) is 0. The van der Waals surface area contributed by atoms with Crippen LogP contribution in [-0.4, -0.2) is 25.1 Å². The van der Waals surface area contributed by atoms with Gasteiger partial charge in [-0.05, 0) is 44.7 Å².